The Labute approximate surface area is 107 Å². The Hall–Kier alpha value is -0.0800. The third kappa shape index (κ3) is 3.96. The largest absolute Gasteiger partial charge is 0.378 e. The van der Waals surface area contributed by atoms with Crippen molar-refractivity contribution in [3.05, 3.63) is 0 Å². The minimum absolute atomic E-state index is 0.215. The number of nitrogens with zero attached hydrogens (tertiary/aromatic N) is 1. The van der Waals surface area contributed by atoms with E-state index >= 15 is 0 Å². The van der Waals surface area contributed by atoms with Crippen LogP contribution in [0.5, 0.6) is 0 Å². The van der Waals surface area contributed by atoms with Gasteiger partial charge < -0.3 is 5.11 Å². The maximum atomic E-state index is 10.1. The van der Waals surface area contributed by atoms with Crippen LogP contribution in [0, 0.1) is 10.8 Å². The molecule has 0 aromatic heterocycles. The molecule has 2 unspecified atom stereocenters. The molecule has 0 amide bonds. The molecule has 1 aliphatic heterocycles. The van der Waals surface area contributed by atoms with E-state index in [1.165, 1.54) is 0 Å². The molecule has 0 saturated carbocycles. The van der Waals surface area contributed by atoms with E-state index in [1.54, 1.807) is 0 Å². The van der Waals surface area contributed by atoms with E-state index in [9.17, 15) is 5.11 Å². The summed E-state index contributed by atoms with van der Waals surface area (Å²) in [5.41, 5.74) is 0.595. The molecule has 1 heterocycles. The van der Waals surface area contributed by atoms with Gasteiger partial charge >= 0.3 is 0 Å². The summed E-state index contributed by atoms with van der Waals surface area (Å²) in [6, 6.07) is 0.491. The van der Waals surface area contributed by atoms with Gasteiger partial charge in [0.05, 0.1) is 0 Å². The van der Waals surface area contributed by atoms with Gasteiger partial charge in [-0.05, 0) is 36.5 Å². The van der Waals surface area contributed by atoms with Crippen molar-refractivity contribution in [1.29, 1.82) is 0 Å². The molecule has 0 aromatic carbocycles. The van der Waals surface area contributed by atoms with Crippen molar-refractivity contribution in [2.24, 2.45) is 10.8 Å². The Morgan fingerprint density at radius 3 is 2.18 bits per heavy atom. The Balaban J connectivity index is 2.86. The highest BCUT2D eigenvalue weighted by molar-refractivity contribution is 4.91. The molecule has 1 rings (SSSR count). The van der Waals surface area contributed by atoms with Crippen LogP contribution in [0.1, 0.15) is 67.2 Å². The summed E-state index contributed by atoms with van der Waals surface area (Å²) >= 11 is 0. The third-order valence-electron chi connectivity index (χ3n) is 4.28. The van der Waals surface area contributed by atoms with E-state index in [4.69, 9.17) is 0 Å². The number of rotatable bonds is 4. The average Bonchev–Trinajstić information content (AvgIpc) is 2.59. The lowest BCUT2D eigenvalue weighted by Gasteiger charge is -2.44. The second kappa shape index (κ2) is 5.27. The molecule has 2 atom stereocenters. The van der Waals surface area contributed by atoms with Crippen LogP contribution in [0.4, 0.5) is 0 Å². The highest BCUT2D eigenvalue weighted by atomic mass is 16.3. The lowest BCUT2D eigenvalue weighted by molar-refractivity contribution is -0.0437. The van der Waals surface area contributed by atoms with Crippen molar-refractivity contribution in [2.45, 2.75) is 79.5 Å². The minimum Gasteiger partial charge on any atom is -0.378 e. The van der Waals surface area contributed by atoms with Crippen molar-refractivity contribution >= 4 is 0 Å². The van der Waals surface area contributed by atoms with E-state index in [0.29, 0.717) is 11.5 Å². The summed E-state index contributed by atoms with van der Waals surface area (Å²) in [7, 11) is 0. The van der Waals surface area contributed by atoms with Crippen molar-refractivity contribution in [3.63, 3.8) is 0 Å². The number of aliphatic hydroxyl groups excluding tert-OH is 1. The highest BCUT2D eigenvalue weighted by Gasteiger charge is 2.39. The van der Waals surface area contributed by atoms with E-state index in [0.717, 1.165) is 32.2 Å². The lowest BCUT2D eigenvalue weighted by atomic mass is 9.73. The van der Waals surface area contributed by atoms with Gasteiger partial charge in [-0.1, -0.05) is 41.5 Å². The van der Waals surface area contributed by atoms with Crippen molar-refractivity contribution in [2.75, 3.05) is 6.54 Å². The van der Waals surface area contributed by atoms with Gasteiger partial charge in [0.15, 0.2) is 0 Å². The van der Waals surface area contributed by atoms with Gasteiger partial charge in [-0.25, -0.2) is 0 Å². The lowest BCUT2D eigenvalue weighted by Crippen LogP contribution is -2.49. The van der Waals surface area contributed by atoms with Gasteiger partial charge in [-0.3, -0.25) is 4.90 Å². The quantitative estimate of drug-likeness (QED) is 0.812. The van der Waals surface area contributed by atoms with Crippen molar-refractivity contribution in [1.82, 2.24) is 4.90 Å². The van der Waals surface area contributed by atoms with Gasteiger partial charge in [-0.2, -0.15) is 0 Å². The predicted molar refractivity (Wildman–Crippen MR) is 73.9 cm³/mol. The van der Waals surface area contributed by atoms with Gasteiger partial charge in [0.2, 0.25) is 0 Å². The first-order chi connectivity index (χ1) is 7.67. The zero-order valence-electron chi connectivity index (χ0n) is 12.6. The van der Waals surface area contributed by atoms with Crippen LogP contribution < -0.4 is 0 Å². The maximum absolute atomic E-state index is 10.1. The van der Waals surface area contributed by atoms with Crippen molar-refractivity contribution < 1.29 is 5.11 Å². The molecule has 0 aliphatic carbocycles. The first-order valence-electron chi connectivity index (χ1n) is 7.11. The SMILES string of the molecule is CCC(C)(C)C(CC(C)(C)C)N1CCCC1O. The fraction of sp³-hybridized carbons (Fsp3) is 1.00. The summed E-state index contributed by atoms with van der Waals surface area (Å²) in [4.78, 5) is 2.34. The van der Waals surface area contributed by atoms with Gasteiger partial charge in [0.25, 0.3) is 0 Å². The van der Waals surface area contributed by atoms with Gasteiger partial charge in [-0.15, -0.1) is 0 Å². The molecule has 0 radical (unpaired) electrons. The number of hydrogen-bond donors (Lipinski definition) is 1. The second-order valence-electron chi connectivity index (χ2n) is 7.48. The molecule has 1 aliphatic rings. The molecule has 102 valence electrons. The Kier molecular flexibility index (Phi) is 4.65. The number of hydrogen-bond acceptors (Lipinski definition) is 2. The number of aliphatic hydroxyl groups is 1. The van der Waals surface area contributed by atoms with Crippen LogP contribution in [-0.4, -0.2) is 28.8 Å². The molecule has 1 N–H and O–H groups in total. The molecule has 0 bridgehead atoms. The summed E-state index contributed by atoms with van der Waals surface area (Å²) in [6.07, 6.45) is 4.19. The van der Waals surface area contributed by atoms with E-state index < -0.39 is 0 Å². The summed E-state index contributed by atoms with van der Waals surface area (Å²) < 4.78 is 0. The molecule has 2 heteroatoms. The van der Waals surface area contributed by atoms with Crippen LogP contribution in [-0.2, 0) is 0 Å². The summed E-state index contributed by atoms with van der Waals surface area (Å²) in [5.74, 6) is 0. The molecule has 1 saturated heterocycles. The van der Waals surface area contributed by atoms with Crippen LogP contribution >= 0.6 is 0 Å². The topological polar surface area (TPSA) is 23.5 Å². The van der Waals surface area contributed by atoms with E-state index in [1.807, 2.05) is 0 Å². The molecule has 0 aromatic rings. The molecule has 17 heavy (non-hydrogen) atoms. The van der Waals surface area contributed by atoms with Crippen LogP contribution in [0.15, 0.2) is 0 Å². The predicted octanol–water partition coefficient (Wildman–Crippen LogP) is 3.64. The smallest absolute Gasteiger partial charge is 0.107 e. The van der Waals surface area contributed by atoms with Crippen LogP contribution in [0.2, 0.25) is 0 Å². The first-order valence-corrected chi connectivity index (χ1v) is 7.11. The summed E-state index contributed by atoms with van der Waals surface area (Å²) in [6.45, 7) is 14.9. The monoisotopic (exact) mass is 241 g/mol. The van der Waals surface area contributed by atoms with E-state index in [-0.39, 0.29) is 11.6 Å². The molecule has 2 nitrogen and oxygen atoms in total. The van der Waals surface area contributed by atoms with Gasteiger partial charge in [0, 0.05) is 12.6 Å². The molecular weight excluding hydrogens is 210 g/mol. The van der Waals surface area contributed by atoms with Gasteiger partial charge in [0.1, 0.15) is 6.23 Å². The number of likely N-dealkylation sites (tertiary alicyclic amines) is 1. The average molecular weight is 241 g/mol. The van der Waals surface area contributed by atoms with E-state index in [2.05, 4.69) is 46.4 Å². The fourth-order valence-corrected chi connectivity index (χ4v) is 2.79. The Bertz CT molecular complexity index is 242. The maximum Gasteiger partial charge on any atom is 0.107 e. The summed E-state index contributed by atoms with van der Waals surface area (Å²) in [5, 5.41) is 10.1. The second-order valence-corrected chi connectivity index (χ2v) is 7.48. The Morgan fingerprint density at radius 1 is 1.24 bits per heavy atom. The van der Waals surface area contributed by atoms with Crippen molar-refractivity contribution in [3.8, 4) is 0 Å². The standard InChI is InChI=1S/C15H31NO/c1-7-15(5,6)12(11-14(2,3)4)16-10-8-9-13(16)17/h12-13,17H,7-11H2,1-6H3. The Morgan fingerprint density at radius 2 is 1.82 bits per heavy atom. The molecule has 0 spiro atoms. The molecular formula is C15H31NO. The zero-order chi connectivity index (χ0) is 13.3. The fourth-order valence-electron chi connectivity index (χ4n) is 2.79. The zero-order valence-corrected chi connectivity index (χ0v) is 12.6. The minimum atomic E-state index is -0.215. The van der Waals surface area contributed by atoms with Crippen LogP contribution in [0.3, 0.4) is 0 Å². The molecule has 1 fully saturated rings. The highest BCUT2D eigenvalue weighted by Crippen LogP contribution is 2.39. The normalized spacial score (nSPS) is 25.2. The van der Waals surface area contributed by atoms with Crippen LogP contribution in [0.25, 0.3) is 0 Å². The first kappa shape index (κ1) is 15.0. The third-order valence-corrected chi connectivity index (χ3v) is 4.28.